The summed E-state index contributed by atoms with van der Waals surface area (Å²) in [6.07, 6.45) is 0. The smallest absolute Gasteiger partial charge is 0.0726 e. The van der Waals surface area contributed by atoms with Crippen LogP contribution in [0.1, 0.15) is 74.9 Å². The summed E-state index contributed by atoms with van der Waals surface area (Å²) in [4.78, 5) is 2.60. The zero-order valence-corrected chi connectivity index (χ0v) is 39.7. The lowest BCUT2D eigenvalue weighted by Crippen LogP contribution is -2.27. The monoisotopic (exact) mass is 877 g/mol. The molecule has 0 fully saturated rings. The van der Waals surface area contributed by atoms with Crippen molar-refractivity contribution in [2.45, 2.75) is 57.8 Å². The van der Waals surface area contributed by atoms with Crippen molar-refractivity contribution < 1.29 is 0 Å². The molecule has 1 aromatic heterocycles. The molecule has 2 aliphatic carbocycles. The Morgan fingerprint density at radius 2 is 0.970 bits per heavy atom. The lowest BCUT2D eigenvalue weighted by Gasteiger charge is -2.33. The minimum atomic E-state index is -0.519. The van der Waals surface area contributed by atoms with Crippen LogP contribution in [-0.4, -0.2) is 0 Å². The van der Waals surface area contributed by atoms with Crippen LogP contribution in [0.5, 0.6) is 0 Å². The van der Waals surface area contributed by atoms with Crippen molar-refractivity contribution in [1.29, 1.82) is 0 Å². The second-order valence-electron chi connectivity index (χ2n) is 20.8. The molecule has 2 heteroatoms. The van der Waals surface area contributed by atoms with Crippen molar-refractivity contribution >= 4 is 70.1 Å². The maximum absolute atomic E-state index is 2.60. The van der Waals surface area contributed by atoms with Crippen LogP contribution < -0.4 is 4.90 Å². The van der Waals surface area contributed by atoms with Crippen LogP contribution in [0.4, 0.5) is 17.1 Å². The Bertz CT molecular complexity index is 3760. The summed E-state index contributed by atoms with van der Waals surface area (Å²) in [6.45, 7) is 14.1. The highest BCUT2D eigenvalue weighted by atomic mass is 32.1. The maximum Gasteiger partial charge on any atom is 0.0726 e. The Kier molecular flexibility index (Phi) is 8.59. The van der Waals surface area contributed by atoms with Gasteiger partial charge in [0.05, 0.1) is 21.5 Å². The Balaban J connectivity index is 1.14. The van der Waals surface area contributed by atoms with Crippen molar-refractivity contribution in [3.63, 3.8) is 0 Å². The van der Waals surface area contributed by atoms with Gasteiger partial charge in [0.1, 0.15) is 0 Å². The third kappa shape index (κ3) is 5.79. The molecule has 1 spiro atoms. The number of nitrogens with zero attached hydrogens (tertiary/aromatic N) is 1. The van der Waals surface area contributed by atoms with E-state index in [-0.39, 0.29) is 10.8 Å². The van der Waals surface area contributed by atoms with Gasteiger partial charge in [-0.1, -0.05) is 211 Å². The fourth-order valence-corrected chi connectivity index (χ4v) is 13.0. The van der Waals surface area contributed by atoms with Crippen LogP contribution in [0.25, 0.3) is 75.1 Å². The van der Waals surface area contributed by atoms with Crippen LogP contribution in [0.2, 0.25) is 0 Å². The predicted molar refractivity (Wildman–Crippen MR) is 288 cm³/mol. The van der Waals surface area contributed by atoms with Gasteiger partial charge in [-0.2, -0.15) is 0 Å². The molecule has 10 aromatic carbocycles. The van der Waals surface area contributed by atoms with E-state index < -0.39 is 5.41 Å². The average Bonchev–Trinajstić information content (AvgIpc) is 3.98. The van der Waals surface area contributed by atoms with Gasteiger partial charge in [0.15, 0.2) is 0 Å². The van der Waals surface area contributed by atoms with Crippen molar-refractivity contribution in [3.8, 4) is 33.4 Å². The van der Waals surface area contributed by atoms with Crippen molar-refractivity contribution in [1.82, 2.24) is 0 Å². The molecule has 0 amide bonds. The number of hydrogen-bond acceptors (Lipinski definition) is 2. The molecule has 0 saturated carbocycles. The maximum atomic E-state index is 2.60. The molecule has 322 valence electrons. The first-order valence-corrected chi connectivity index (χ1v) is 24.6. The Morgan fingerprint density at radius 3 is 1.69 bits per heavy atom. The Hall–Kier alpha value is -7.26. The number of rotatable bonds is 4. The summed E-state index contributed by atoms with van der Waals surface area (Å²) in [6, 6.07) is 76.3. The molecule has 0 radical (unpaired) electrons. The van der Waals surface area contributed by atoms with Gasteiger partial charge in [-0.05, 0) is 124 Å². The predicted octanol–water partition coefficient (Wildman–Crippen LogP) is 18.4. The van der Waals surface area contributed by atoms with E-state index in [1.54, 1.807) is 0 Å². The van der Waals surface area contributed by atoms with Gasteiger partial charge in [-0.25, -0.2) is 0 Å². The lowest BCUT2D eigenvalue weighted by atomic mass is 9.69. The highest BCUT2D eigenvalue weighted by molar-refractivity contribution is 7.26. The minimum Gasteiger partial charge on any atom is -0.308 e. The molecule has 67 heavy (non-hydrogen) atoms. The molecule has 2 aliphatic rings. The topological polar surface area (TPSA) is 3.24 Å². The van der Waals surface area contributed by atoms with Crippen LogP contribution in [0.15, 0.2) is 200 Å². The molecule has 13 rings (SSSR count). The summed E-state index contributed by atoms with van der Waals surface area (Å²) in [5, 5.41) is 7.66. The molecular formula is C65H51NS. The number of thiophene rings is 1. The van der Waals surface area contributed by atoms with E-state index in [2.05, 4.69) is 247 Å². The van der Waals surface area contributed by atoms with Crippen molar-refractivity contribution in [2.75, 3.05) is 4.90 Å². The molecule has 11 aromatic rings. The first kappa shape index (κ1) is 40.1. The zero-order valence-electron chi connectivity index (χ0n) is 38.9. The van der Waals surface area contributed by atoms with E-state index in [1.165, 1.54) is 120 Å². The summed E-state index contributed by atoms with van der Waals surface area (Å²) < 4.78 is 2.59. The molecule has 0 unspecified atom stereocenters. The van der Waals surface area contributed by atoms with Gasteiger partial charge >= 0.3 is 0 Å². The third-order valence-electron chi connectivity index (χ3n) is 15.0. The fraction of sp³-hybridized carbons (Fsp3) is 0.138. The lowest BCUT2D eigenvalue weighted by molar-refractivity contribution is 0.586. The molecule has 1 nitrogen and oxygen atoms in total. The van der Waals surface area contributed by atoms with Gasteiger partial charge in [0, 0.05) is 26.7 Å². The number of anilines is 3. The summed E-state index contributed by atoms with van der Waals surface area (Å²) in [5.41, 5.74) is 18.8. The fourth-order valence-electron chi connectivity index (χ4n) is 11.7. The van der Waals surface area contributed by atoms with Crippen molar-refractivity contribution in [3.05, 3.63) is 234 Å². The second-order valence-corrected chi connectivity index (χ2v) is 21.9. The van der Waals surface area contributed by atoms with E-state index in [0.29, 0.717) is 0 Å². The van der Waals surface area contributed by atoms with E-state index >= 15 is 0 Å². The molecule has 0 N–H and O–H groups in total. The van der Waals surface area contributed by atoms with E-state index in [9.17, 15) is 0 Å². The molecule has 0 saturated heterocycles. The molecule has 0 atom stereocenters. The van der Waals surface area contributed by atoms with Crippen LogP contribution in [0.3, 0.4) is 0 Å². The second kappa shape index (κ2) is 14.4. The summed E-state index contributed by atoms with van der Waals surface area (Å²) in [7, 11) is 0. The van der Waals surface area contributed by atoms with Crippen LogP contribution in [0, 0.1) is 0 Å². The number of hydrogen-bond donors (Lipinski definition) is 0. The van der Waals surface area contributed by atoms with Crippen molar-refractivity contribution in [2.24, 2.45) is 0 Å². The summed E-state index contributed by atoms with van der Waals surface area (Å²) >= 11 is 1.91. The highest BCUT2D eigenvalue weighted by Gasteiger charge is 2.53. The molecule has 0 aliphatic heterocycles. The van der Waals surface area contributed by atoms with E-state index in [0.717, 1.165) is 5.69 Å². The number of benzene rings is 10. The first-order chi connectivity index (χ1) is 32.5. The SMILES string of the molecule is CC(C)(C)c1ccc2c(c1)C1(c3cc(C(C)(C)C)ccc3-2)c2ccccc2-c2c(N(c3ccc(-c4cccc5ccccc45)cc3)c3cc4ccccc4c4c3sc3ccccc34)cccc21. The van der Waals surface area contributed by atoms with Gasteiger partial charge in [0.2, 0.25) is 0 Å². The minimum absolute atomic E-state index is 0.0227. The highest BCUT2D eigenvalue weighted by Crippen LogP contribution is 2.65. The van der Waals surface area contributed by atoms with Crippen LogP contribution in [-0.2, 0) is 16.2 Å². The van der Waals surface area contributed by atoms with Gasteiger partial charge < -0.3 is 4.90 Å². The Morgan fingerprint density at radius 1 is 0.403 bits per heavy atom. The standard InChI is InChI=1S/C65H51NS/c1-63(2,3)43-31-35-49-50-36-32-44(64(4,5)6)39-56(50)65(55(49)38-43)53-25-13-11-22-51(53)61-54(65)26-16-27-57(61)66(45-33-29-41(30-34-45)47-24-15-19-40-17-7-9-20-46(40)47)58-37-42-18-8-10-21-48(42)60-52-23-12-14-28-59(52)67-62(58)60/h7-39H,1-6H3. The molecule has 0 bridgehead atoms. The van der Waals surface area contributed by atoms with Gasteiger partial charge in [-0.15, -0.1) is 11.3 Å². The number of fused-ring (bicyclic) bond motifs is 16. The largest absolute Gasteiger partial charge is 0.308 e. The average molecular weight is 878 g/mol. The van der Waals surface area contributed by atoms with E-state index in [1.807, 2.05) is 11.3 Å². The molecule has 1 heterocycles. The summed E-state index contributed by atoms with van der Waals surface area (Å²) in [5.74, 6) is 0. The quantitative estimate of drug-likeness (QED) is 0.170. The van der Waals surface area contributed by atoms with Gasteiger partial charge in [0.25, 0.3) is 0 Å². The van der Waals surface area contributed by atoms with E-state index in [4.69, 9.17) is 0 Å². The Labute approximate surface area is 397 Å². The van der Waals surface area contributed by atoms with Gasteiger partial charge in [-0.3, -0.25) is 0 Å². The van der Waals surface area contributed by atoms with Crippen LogP contribution >= 0.6 is 11.3 Å². The normalized spacial score (nSPS) is 13.6. The molecular weight excluding hydrogens is 827 g/mol. The first-order valence-electron chi connectivity index (χ1n) is 23.8. The third-order valence-corrected chi connectivity index (χ3v) is 16.2. The zero-order chi connectivity index (χ0) is 45.4.